The van der Waals surface area contributed by atoms with Crippen LogP contribution in [0.4, 0.5) is 4.39 Å². The van der Waals surface area contributed by atoms with Crippen molar-refractivity contribution in [2.75, 3.05) is 0 Å². The number of para-hydroxylation sites is 1. The van der Waals surface area contributed by atoms with Crippen molar-refractivity contribution in [1.29, 1.82) is 0 Å². The lowest BCUT2D eigenvalue weighted by Gasteiger charge is -2.09. The lowest BCUT2D eigenvalue weighted by Crippen LogP contribution is -1.99. The highest BCUT2D eigenvalue weighted by Crippen LogP contribution is 2.36. The van der Waals surface area contributed by atoms with Gasteiger partial charge in [0.1, 0.15) is 23.9 Å². The van der Waals surface area contributed by atoms with E-state index in [4.69, 9.17) is 21.1 Å². The molecule has 0 N–H and O–H groups in total. The highest BCUT2D eigenvalue weighted by atomic mass is 35.5. The largest absolute Gasteiger partial charge is 0.489 e. The summed E-state index contributed by atoms with van der Waals surface area (Å²) in [5, 5.41) is 1.36. The van der Waals surface area contributed by atoms with Crippen LogP contribution in [0.25, 0.3) is 17.0 Å². The zero-order chi connectivity index (χ0) is 22.2. The van der Waals surface area contributed by atoms with Gasteiger partial charge in [0, 0.05) is 40.8 Å². The number of aryl methyl sites for hydroxylation is 1. The van der Waals surface area contributed by atoms with Gasteiger partial charge in [0.2, 0.25) is 5.78 Å². The van der Waals surface area contributed by atoms with Gasteiger partial charge in [-0.25, -0.2) is 4.39 Å². The molecule has 5 rings (SSSR count). The Kier molecular flexibility index (Phi) is 5.19. The van der Waals surface area contributed by atoms with Crippen LogP contribution in [0.2, 0.25) is 5.02 Å². The van der Waals surface area contributed by atoms with Crippen LogP contribution in [-0.2, 0) is 13.2 Å². The maximum absolute atomic E-state index is 14.0. The molecule has 0 saturated carbocycles. The number of aromatic nitrogens is 1. The number of nitrogens with zero attached hydrogens (tertiary/aromatic N) is 1. The molecule has 0 fully saturated rings. The molecule has 32 heavy (non-hydrogen) atoms. The molecule has 0 saturated heterocycles. The summed E-state index contributed by atoms with van der Waals surface area (Å²) in [6.45, 7) is 2.87. The first-order chi connectivity index (χ1) is 15.5. The molecule has 0 aliphatic carbocycles. The summed E-state index contributed by atoms with van der Waals surface area (Å²) < 4.78 is 27.7. The molecule has 160 valence electrons. The maximum Gasteiger partial charge on any atom is 0.231 e. The second kappa shape index (κ2) is 8.17. The topological polar surface area (TPSA) is 40.5 Å². The van der Waals surface area contributed by atoms with E-state index in [-0.39, 0.29) is 23.7 Å². The molecule has 2 heterocycles. The molecule has 1 aliphatic heterocycles. The summed E-state index contributed by atoms with van der Waals surface area (Å²) in [4.78, 5) is 12.9. The van der Waals surface area contributed by atoms with E-state index in [9.17, 15) is 9.18 Å². The number of benzene rings is 3. The van der Waals surface area contributed by atoms with Crippen molar-refractivity contribution in [3.8, 4) is 11.5 Å². The van der Waals surface area contributed by atoms with Crippen LogP contribution >= 0.6 is 11.6 Å². The number of carbonyl (C=O) groups is 1. The molecule has 1 aromatic heterocycles. The van der Waals surface area contributed by atoms with Crippen LogP contribution in [0.15, 0.2) is 72.6 Å². The third-order valence-electron chi connectivity index (χ3n) is 5.53. The number of carbonyl (C=O) groups excluding carboxylic acids is 1. The summed E-state index contributed by atoms with van der Waals surface area (Å²) in [6, 6.07) is 17.5. The minimum absolute atomic E-state index is 0.0303. The summed E-state index contributed by atoms with van der Waals surface area (Å²) in [6.07, 6.45) is 3.79. The zero-order valence-corrected chi connectivity index (χ0v) is 18.0. The fraction of sp³-hybridized carbons (Fsp3) is 0.115. The molecular formula is C26H19ClFNO3. The average Bonchev–Trinajstić information content (AvgIpc) is 3.31. The van der Waals surface area contributed by atoms with Gasteiger partial charge in [-0.3, -0.25) is 4.79 Å². The van der Waals surface area contributed by atoms with Crippen LogP contribution in [0.5, 0.6) is 11.5 Å². The quantitative estimate of drug-likeness (QED) is 0.321. The minimum atomic E-state index is -0.429. The molecule has 4 nitrogen and oxygen atoms in total. The number of fused-ring (bicyclic) bond motifs is 2. The highest BCUT2D eigenvalue weighted by Gasteiger charge is 2.28. The van der Waals surface area contributed by atoms with E-state index in [1.54, 1.807) is 36.4 Å². The van der Waals surface area contributed by atoms with Crippen molar-refractivity contribution >= 4 is 34.4 Å². The van der Waals surface area contributed by atoms with Crippen LogP contribution in [0.1, 0.15) is 28.4 Å². The van der Waals surface area contributed by atoms with Gasteiger partial charge in [-0.15, -0.1) is 0 Å². The van der Waals surface area contributed by atoms with E-state index in [0.717, 1.165) is 23.0 Å². The third-order valence-corrected chi connectivity index (χ3v) is 5.89. The predicted molar refractivity (Wildman–Crippen MR) is 123 cm³/mol. The number of rotatable bonds is 5. The Morgan fingerprint density at radius 1 is 1.12 bits per heavy atom. The zero-order valence-electron chi connectivity index (χ0n) is 17.3. The van der Waals surface area contributed by atoms with Gasteiger partial charge in [0.05, 0.1) is 10.6 Å². The van der Waals surface area contributed by atoms with Gasteiger partial charge in [0.25, 0.3) is 0 Å². The molecule has 1 aliphatic rings. The van der Waals surface area contributed by atoms with Gasteiger partial charge < -0.3 is 14.0 Å². The first kappa shape index (κ1) is 20.3. The van der Waals surface area contributed by atoms with E-state index >= 15 is 0 Å². The van der Waals surface area contributed by atoms with Crippen molar-refractivity contribution < 1.29 is 18.7 Å². The molecule has 0 unspecified atom stereocenters. The number of hydrogen-bond donors (Lipinski definition) is 0. The van der Waals surface area contributed by atoms with Crippen molar-refractivity contribution in [3.63, 3.8) is 0 Å². The molecular weight excluding hydrogens is 429 g/mol. The van der Waals surface area contributed by atoms with Crippen LogP contribution < -0.4 is 9.47 Å². The molecule has 0 spiro atoms. The summed E-state index contributed by atoms with van der Waals surface area (Å²) in [5.74, 6) is 0.518. The fourth-order valence-corrected chi connectivity index (χ4v) is 4.09. The summed E-state index contributed by atoms with van der Waals surface area (Å²) in [5.41, 5.74) is 2.77. The Morgan fingerprint density at radius 3 is 2.78 bits per heavy atom. The summed E-state index contributed by atoms with van der Waals surface area (Å²) >= 11 is 6.06. The molecule has 6 heteroatoms. The Hall–Kier alpha value is -3.57. The smallest absolute Gasteiger partial charge is 0.231 e. The van der Waals surface area contributed by atoms with Gasteiger partial charge in [-0.2, -0.15) is 0 Å². The molecule has 0 atom stereocenters. The van der Waals surface area contributed by atoms with E-state index in [1.165, 1.54) is 6.07 Å². The monoisotopic (exact) mass is 447 g/mol. The summed E-state index contributed by atoms with van der Waals surface area (Å²) in [7, 11) is 0. The van der Waals surface area contributed by atoms with Gasteiger partial charge >= 0.3 is 0 Å². The first-order valence-electron chi connectivity index (χ1n) is 10.3. The highest BCUT2D eigenvalue weighted by molar-refractivity contribution is 6.31. The van der Waals surface area contributed by atoms with Gasteiger partial charge in [0.15, 0.2) is 5.76 Å². The van der Waals surface area contributed by atoms with E-state index in [0.29, 0.717) is 22.1 Å². The second-order valence-corrected chi connectivity index (χ2v) is 7.88. The van der Waals surface area contributed by atoms with E-state index < -0.39 is 5.82 Å². The molecule has 0 amide bonds. The maximum atomic E-state index is 14.0. The third kappa shape index (κ3) is 3.55. The lowest BCUT2D eigenvalue weighted by atomic mass is 10.1. The van der Waals surface area contributed by atoms with Crippen LogP contribution in [0.3, 0.4) is 0 Å². The Morgan fingerprint density at radius 2 is 1.97 bits per heavy atom. The Bertz CT molecular complexity index is 1370. The predicted octanol–water partition coefficient (Wildman–Crippen LogP) is 6.65. The molecule has 4 aromatic rings. The van der Waals surface area contributed by atoms with Crippen molar-refractivity contribution in [3.05, 3.63) is 100 Å². The van der Waals surface area contributed by atoms with Crippen LogP contribution in [0, 0.1) is 5.82 Å². The van der Waals surface area contributed by atoms with Crippen LogP contribution in [-0.4, -0.2) is 10.4 Å². The van der Waals surface area contributed by atoms with E-state index in [2.05, 4.69) is 17.6 Å². The number of hydrogen-bond acceptors (Lipinski definition) is 3. The molecule has 0 radical (unpaired) electrons. The molecule has 0 bridgehead atoms. The number of Topliss-reactive ketones (excluding diaryl/α,β-unsaturated/α-hetero) is 1. The van der Waals surface area contributed by atoms with Crippen molar-refractivity contribution in [2.45, 2.75) is 20.1 Å². The minimum Gasteiger partial charge on any atom is -0.489 e. The average molecular weight is 448 g/mol. The Balaban J connectivity index is 1.41. The van der Waals surface area contributed by atoms with Crippen molar-refractivity contribution in [2.24, 2.45) is 0 Å². The standard InChI is InChI=1S/C26H19ClFNO3/c1-2-29-14-16(18-6-3-4-9-23(18)29)12-25-26(30)19-11-10-17(13-24(19)32-25)31-15-20-21(27)7-5-8-22(20)28/h3-14H,2,15H2,1H3/b25-12-. The number of ketones is 1. The number of allylic oxidation sites excluding steroid dienone is 1. The van der Waals surface area contributed by atoms with Crippen molar-refractivity contribution in [1.82, 2.24) is 4.57 Å². The first-order valence-corrected chi connectivity index (χ1v) is 10.6. The Labute approximate surface area is 189 Å². The number of halogens is 2. The van der Waals surface area contributed by atoms with E-state index in [1.807, 2.05) is 24.4 Å². The van der Waals surface area contributed by atoms with Gasteiger partial charge in [-0.1, -0.05) is 35.9 Å². The normalized spacial score (nSPS) is 14.1. The fourth-order valence-electron chi connectivity index (χ4n) is 3.88. The number of ether oxygens (including phenoxy) is 2. The second-order valence-electron chi connectivity index (χ2n) is 7.47. The lowest BCUT2D eigenvalue weighted by molar-refractivity contribution is 0.101. The SMILES string of the molecule is CCn1cc(/C=C2\Oc3cc(OCc4c(F)cccc4Cl)ccc3C2=O)c2ccccc21. The molecule has 3 aromatic carbocycles. The van der Waals surface area contributed by atoms with Gasteiger partial charge in [-0.05, 0) is 43.3 Å².